The molecule has 0 saturated carbocycles. The fourth-order valence-corrected chi connectivity index (χ4v) is 3.21. The smallest absolute Gasteiger partial charge is 0.181 e. The van der Waals surface area contributed by atoms with Crippen molar-refractivity contribution in [2.45, 2.75) is 19.2 Å². The maximum atomic E-state index is 5.37. The van der Waals surface area contributed by atoms with E-state index in [0.29, 0.717) is 11.3 Å². The van der Waals surface area contributed by atoms with E-state index in [2.05, 4.69) is 42.1 Å². The first-order valence-corrected chi connectivity index (χ1v) is 7.17. The van der Waals surface area contributed by atoms with Crippen molar-refractivity contribution < 1.29 is 4.42 Å². The van der Waals surface area contributed by atoms with Crippen molar-refractivity contribution in [3.05, 3.63) is 54.9 Å². The van der Waals surface area contributed by atoms with Crippen LogP contribution in [0.5, 0.6) is 0 Å². The molecular weight excluding hydrogens is 256 g/mol. The van der Waals surface area contributed by atoms with E-state index in [1.54, 1.807) is 18.0 Å². The van der Waals surface area contributed by atoms with Gasteiger partial charge in [0.25, 0.3) is 0 Å². The normalized spacial score (nSPS) is 19.0. The molecule has 1 atom stereocenters. The Morgan fingerprint density at radius 1 is 1.32 bits per heavy atom. The van der Waals surface area contributed by atoms with Crippen molar-refractivity contribution in [3.8, 4) is 0 Å². The number of para-hydroxylation sites is 1. The summed E-state index contributed by atoms with van der Waals surface area (Å²) in [5.74, 6) is 1.30. The summed E-state index contributed by atoms with van der Waals surface area (Å²) in [6.07, 6.45) is 6.62. The van der Waals surface area contributed by atoms with E-state index in [9.17, 15) is 0 Å². The molecule has 0 saturated heterocycles. The number of hydrogen-bond donors (Lipinski definition) is 0. The summed E-state index contributed by atoms with van der Waals surface area (Å²) in [6.45, 7) is 4.44. The lowest BCUT2D eigenvalue weighted by Gasteiger charge is -2.27. The van der Waals surface area contributed by atoms with Gasteiger partial charge in [-0.05, 0) is 18.1 Å². The Morgan fingerprint density at radius 2 is 2.11 bits per heavy atom. The minimum absolute atomic E-state index is 0.336. The largest absolute Gasteiger partial charge is 0.443 e. The third-order valence-electron chi connectivity index (χ3n) is 2.98. The first kappa shape index (κ1) is 12.4. The van der Waals surface area contributed by atoms with Gasteiger partial charge in [0.05, 0.1) is 22.7 Å². The zero-order valence-corrected chi connectivity index (χ0v) is 11.7. The average Bonchev–Trinajstić information content (AvgIpc) is 3.08. The molecule has 0 spiro atoms. The molecule has 4 heteroatoms. The molecular formula is C15H15N2OS. The second-order valence-corrected chi connectivity index (χ2v) is 5.89. The topological polar surface area (TPSA) is 29.3 Å². The van der Waals surface area contributed by atoms with Gasteiger partial charge in [0.2, 0.25) is 0 Å². The summed E-state index contributed by atoms with van der Waals surface area (Å²) in [5, 5.41) is 0.336. The molecule has 1 aliphatic rings. The van der Waals surface area contributed by atoms with Crippen molar-refractivity contribution in [3.63, 3.8) is 0 Å². The highest BCUT2D eigenvalue weighted by Crippen LogP contribution is 2.43. The van der Waals surface area contributed by atoms with Crippen LogP contribution in [-0.4, -0.2) is 10.4 Å². The van der Waals surface area contributed by atoms with Gasteiger partial charge in [-0.3, -0.25) is 0 Å². The molecule has 19 heavy (non-hydrogen) atoms. The Bertz CT molecular complexity index is 563. The van der Waals surface area contributed by atoms with Crippen LogP contribution in [0.1, 0.15) is 19.6 Å². The zero-order valence-electron chi connectivity index (χ0n) is 10.9. The van der Waals surface area contributed by atoms with Crippen LogP contribution in [0.25, 0.3) is 4.91 Å². The molecule has 1 aromatic carbocycles. The molecule has 2 heterocycles. The van der Waals surface area contributed by atoms with Crippen molar-refractivity contribution in [1.29, 1.82) is 0 Å². The van der Waals surface area contributed by atoms with E-state index in [1.807, 2.05) is 18.2 Å². The Kier molecular flexibility index (Phi) is 3.34. The Balaban J connectivity index is 1.95. The number of benzene rings is 1. The molecule has 3 nitrogen and oxygen atoms in total. The molecule has 1 radical (unpaired) electrons. The third-order valence-corrected chi connectivity index (χ3v) is 4.50. The van der Waals surface area contributed by atoms with Gasteiger partial charge >= 0.3 is 0 Å². The van der Waals surface area contributed by atoms with Gasteiger partial charge in [0.1, 0.15) is 0 Å². The van der Waals surface area contributed by atoms with Crippen LogP contribution in [0.15, 0.2) is 47.3 Å². The van der Waals surface area contributed by atoms with Crippen molar-refractivity contribution in [2.24, 2.45) is 5.92 Å². The molecule has 1 aromatic heterocycles. The number of oxazole rings is 1. The fraction of sp³-hybridized carbons (Fsp3) is 0.267. The molecule has 0 N–H and O–H groups in total. The van der Waals surface area contributed by atoms with Gasteiger partial charge in [0.15, 0.2) is 12.2 Å². The highest BCUT2D eigenvalue weighted by Gasteiger charge is 2.31. The summed E-state index contributed by atoms with van der Waals surface area (Å²) < 4.78 is 5.37. The van der Waals surface area contributed by atoms with Gasteiger partial charge in [-0.25, -0.2) is 4.98 Å². The van der Waals surface area contributed by atoms with Crippen LogP contribution in [0.3, 0.4) is 0 Å². The van der Waals surface area contributed by atoms with Crippen molar-refractivity contribution >= 4 is 22.4 Å². The van der Waals surface area contributed by atoms with Gasteiger partial charge in [-0.2, -0.15) is 0 Å². The standard InChI is InChI=1S/C15H15N2OS/c1-11(2)15-17(12-6-4-3-5-7-12)9-14(19-15)13-8-16-10-18-13/h3-8,10-11,15H,1-2H3. The van der Waals surface area contributed by atoms with Gasteiger partial charge < -0.3 is 9.32 Å². The van der Waals surface area contributed by atoms with Crippen LogP contribution in [0.4, 0.5) is 5.69 Å². The summed E-state index contributed by atoms with van der Waals surface area (Å²) in [4.78, 5) is 7.18. The lowest BCUT2D eigenvalue weighted by Crippen LogP contribution is -2.29. The molecule has 0 bridgehead atoms. The Hall–Kier alpha value is -1.68. The summed E-state index contributed by atoms with van der Waals surface area (Å²) in [7, 11) is 0. The van der Waals surface area contributed by atoms with Gasteiger partial charge in [-0.15, -0.1) is 0 Å². The number of rotatable bonds is 3. The van der Waals surface area contributed by atoms with E-state index >= 15 is 0 Å². The lowest BCUT2D eigenvalue weighted by atomic mass is 10.2. The van der Waals surface area contributed by atoms with Crippen molar-refractivity contribution in [2.75, 3.05) is 4.90 Å². The Morgan fingerprint density at radius 3 is 2.74 bits per heavy atom. The number of aromatic nitrogens is 1. The molecule has 2 aromatic rings. The Labute approximate surface area is 117 Å². The molecule has 3 rings (SSSR count). The molecule has 0 amide bonds. The number of nitrogens with zero attached hydrogens (tertiary/aromatic N) is 2. The maximum absolute atomic E-state index is 5.37. The summed E-state index contributed by atoms with van der Waals surface area (Å²) in [5.41, 5.74) is 1.16. The number of thioether (sulfide) groups is 1. The van der Waals surface area contributed by atoms with Crippen LogP contribution in [-0.2, 0) is 0 Å². The highest BCUT2D eigenvalue weighted by atomic mass is 32.2. The monoisotopic (exact) mass is 271 g/mol. The minimum atomic E-state index is 0.336. The van der Waals surface area contributed by atoms with Crippen LogP contribution < -0.4 is 4.90 Å². The van der Waals surface area contributed by atoms with Crippen LogP contribution in [0.2, 0.25) is 0 Å². The van der Waals surface area contributed by atoms with Gasteiger partial charge in [-0.1, -0.05) is 43.8 Å². The second kappa shape index (κ2) is 5.13. The predicted molar refractivity (Wildman–Crippen MR) is 78.3 cm³/mol. The van der Waals surface area contributed by atoms with E-state index in [4.69, 9.17) is 4.42 Å². The van der Waals surface area contributed by atoms with E-state index in [0.717, 1.165) is 16.4 Å². The van der Waals surface area contributed by atoms with E-state index < -0.39 is 0 Å². The summed E-state index contributed by atoms with van der Waals surface area (Å²) in [6, 6.07) is 10.3. The highest BCUT2D eigenvalue weighted by molar-refractivity contribution is 8.09. The molecule has 0 fully saturated rings. The molecule has 0 aliphatic carbocycles. The van der Waals surface area contributed by atoms with E-state index in [1.165, 1.54) is 6.39 Å². The first-order valence-electron chi connectivity index (χ1n) is 6.29. The van der Waals surface area contributed by atoms with Crippen molar-refractivity contribution in [1.82, 2.24) is 4.98 Å². The van der Waals surface area contributed by atoms with Gasteiger partial charge in [0, 0.05) is 5.69 Å². The molecule has 1 unspecified atom stereocenters. The fourth-order valence-electron chi connectivity index (χ4n) is 2.05. The quantitative estimate of drug-likeness (QED) is 0.843. The summed E-state index contributed by atoms with van der Waals surface area (Å²) >= 11 is 1.78. The predicted octanol–water partition coefficient (Wildman–Crippen LogP) is 4.01. The van der Waals surface area contributed by atoms with Crippen LogP contribution in [0, 0.1) is 12.1 Å². The SMILES string of the molecule is CC(C)C1SC(c2cnco2)=[C]N1c1ccccc1. The molecule has 1 aliphatic heterocycles. The lowest BCUT2D eigenvalue weighted by molar-refractivity contribution is 0.547. The van der Waals surface area contributed by atoms with E-state index in [-0.39, 0.29) is 0 Å². The maximum Gasteiger partial charge on any atom is 0.181 e. The number of anilines is 1. The second-order valence-electron chi connectivity index (χ2n) is 4.76. The first-order chi connectivity index (χ1) is 9.25. The molecule has 97 valence electrons. The minimum Gasteiger partial charge on any atom is -0.443 e. The van der Waals surface area contributed by atoms with Crippen LogP contribution >= 0.6 is 11.8 Å². The zero-order chi connectivity index (χ0) is 13.2. The third kappa shape index (κ3) is 2.40. The average molecular weight is 271 g/mol. The number of hydrogen-bond acceptors (Lipinski definition) is 4.